The van der Waals surface area contributed by atoms with Crippen molar-refractivity contribution < 1.29 is 23.9 Å². The molecule has 0 radical (unpaired) electrons. The third-order valence-corrected chi connectivity index (χ3v) is 8.83. The number of benzene rings is 2. The zero-order valence-electron chi connectivity index (χ0n) is 22.3. The lowest BCUT2D eigenvalue weighted by Crippen LogP contribution is -2.47. The third kappa shape index (κ3) is 4.91. The predicted octanol–water partition coefficient (Wildman–Crippen LogP) is 3.79. The number of guanidine groups is 1. The van der Waals surface area contributed by atoms with Crippen LogP contribution in [0.15, 0.2) is 46.0 Å². The minimum absolute atomic E-state index is 0.0229. The largest absolute Gasteiger partial charge is 0.479 e. The topological polar surface area (TPSA) is 151 Å². The number of likely N-dealkylation sites (tertiary alicyclic amines) is 1. The normalized spacial score (nSPS) is 21.5. The standard InChI is InChI=1S/C29H26Cl2N6O5/c30-20-11-18-14-37(26(39)17-4-3-16-6-10-42-21(16)12-17)9-5-19(18)24(31)23(20)25(38)35-29(27(40)41)13-22(29)34-28(33-15-32)36-7-1-2-8-36/h3-4,6,10-12,22H,1-2,5,7-9,13-14H2,(H,33,34)(H,35,38)(H,40,41)/t22-,29?/m1/s1. The number of aliphatic carboxylic acids is 1. The number of amides is 2. The van der Waals surface area contributed by atoms with E-state index in [1.165, 1.54) is 0 Å². The van der Waals surface area contributed by atoms with Crippen molar-refractivity contribution in [1.29, 1.82) is 5.26 Å². The number of carbonyl (C=O) groups excluding carboxylic acids is 2. The van der Waals surface area contributed by atoms with Crippen LogP contribution in [0.4, 0.5) is 0 Å². The summed E-state index contributed by atoms with van der Waals surface area (Å²) in [6, 6.07) is 7.94. The lowest BCUT2D eigenvalue weighted by atomic mass is 9.95. The molecule has 3 N–H and O–H groups in total. The van der Waals surface area contributed by atoms with Gasteiger partial charge in [0.1, 0.15) is 5.58 Å². The van der Waals surface area contributed by atoms with Crippen molar-refractivity contribution in [3.63, 3.8) is 0 Å². The van der Waals surface area contributed by atoms with E-state index in [2.05, 4.69) is 15.6 Å². The number of carboxylic acids is 1. The molecule has 2 fully saturated rings. The molecule has 2 aromatic carbocycles. The molecule has 216 valence electrons. The van der Waals surface area contributed by atoms with E-state index < -0.39 is 23.5 Å². The van der Waals surface area contributed by atoms with Crippen molar-refractivity contribution in [3.05, 3.63) is 68.9 Å². The second-order valence-electron chi connectivity index (χ2n) is 10.7. The molecule has 1 saturated carbocycles. The zero-order valence-corrected chi connectivity index (χ0v) is 23.8. The minimum atomic E-state index is -1.65. The summed E-state index contributed by atoms with van der Waals surface area (Å²) < 4.78 is 5.43. The van der Waals surface area contributed by atoms with E-state index in [9.17, 15) is 19.5 Å². The number of carbonyl (C=O) groups is 3. The summed E-state index contributed by atoms with van der Waals surface area (Å²) in [5.74, 6) is -1.84. The number of aliphatic imine (C=N–C) groups is 1. The van der Waals surface area contributed by atoms with Gasteiger partial charge in [0.25, 0.3) is 11.8 Å². The molecule has 1 saturated heterocycles. The molecule has 3 aromatic rings. The van der Waals surface area contributed by atoms with Gasteiger partial charge in [-0.3, -0.25) is 14.9 Å². The molecule has 2 aliphatic heterocycles. The van der Waals surface area contributed by atoms with E-state index in [1.807, 2.05) is 23.2 Å². The van der Waals surface area contributed by atoms with E-state index in [0.29, 0.717) is 54.3 Å². The van der Waals surface area contributed by atoms with Crippen molar-refractivity contribution in [2.24, 2.45) is 4.99 Å². The Labute approximate surface area is 250 Å². The van der Waals surface area contributed by atoms with E-state index in [4.69, 9.17) is 32.9 Å². The molecule has 3 heterocycles. The third-order valence-electron chi connectivity index (χ3n) is 8.12. The second kappa shape index (κ2) is 10.9. The molecule has 42 heavy (non-hydrogen) atoms. The number of rotatable bonds is 5. The molecule has 11 nitrogen and oxygen atoms in total. The van der Waals surface area contributed by atoms with Crippen LogP contribution in [0.3, 0.4) is 0 Å². The number of nitrogens with zero attached hydrogens (tertiary/aromatic N) is 4. The molecule has 1 unspecified atom stereocenters. The number of fused-ring (bicyclic) bond motifs is 2. The van der Waals surface area contributed by atoms with Gasteiger partial charge in [0.2, 0.25) is 5.96 Å². The summed E-state index contributed by atoms with van der Waals surface area (Å²) in [4.78, 5) is 47.0. The number of carboxylic acid groups (broad SMARTS) is 1. The molecule has 6 rings (SSSR count). The quantitative estimate of drug-likeness (QED) is 0.171. The lowest BCUT2D eigenvalue weighted by molar-refractivity contribution is -0.140. The number of hydrogen-bond donors (Lipinski definition) is 3. The fraction of sp³-hybridized carbons (Fsp3) is 0.345. The first-order valence-corrected chi connectivity index (χ1v) is 14.3. The summed E-state index contributed by atoms with van der Waals surface area (Å²) >= 11 is 13.3. The van der Waals surface area contributed by atoms with Crippen LogP contribution in [0.25, 0.3) is 11.0 Å². The molecule has 0 spiro atoms. The van der Waals surface area contributed by atoms with E-state index in [-0.39, 0.29) is 34.5 Å². The fourth-order valence-corrected chi connectivity index (χ4v) is 6.47. The zero-order chi connectivity index (χ0) is 29.6. The highest BCUT2D eigenvalue weighted by molar-refractivity contribution is 6.40. The average molecular weight is 609 g/mol. The maximum Gasteiger partial charge on any atom is 0.331 e. The Hall–Kier alpha value is -4.27. The van der Waals surface area contributed by atoms with Gasteiger partial charge in [0, 0.05) is 43.5 Å². The smallest absolute Gasteiger partial charge is 0.331 e. The molecule has 0 bridgehead atoms. The molecule has 2 atom stereocenters. The van der Waals surface area contributed by atoms with Gasteiger partial charge in [-0.15, -0.1) is 0 Å². The number of nitrogens with one attached hydrogen (secondary N) is 2. The highest BCUT2D eigenvalue weighted by Crippen LogP contribution is 2.42. The van der Waals surface area contributed by atoms with E-state index >= 15 is 0 Å². The van der Waals surface area contributed by atoms with Crippen LogP contribution >= 0.6 is 23.2 Å². The van der Waals surface area contributed by atoms with Crippen molar-refractivity contribution in [2.45, 2.75) is 43.8 Å². The van der Waals surface area contributed by atoms with Gasteiger partial charge >= 0.3 is 5.97 Å². The SMILES string of the molecule is N#CNC(=N[C@@H]1CC1(NC(=O)c1c(Cl)cc2c(c1Cl)CCN(C(=O)c1ccc3ccoc3c1)C2)C(=O)O)N1CCCC1. The Morgan fingerprint density at radius 2 is 1.90 bits per heavy atom. The maximum atomic E-state index is 13.4. The first-order chi connectivity index (χ1) is 20.2. The number of furan rings is 1. The number of nitriles is 1. The van der Waals surface area contributed by atoms with Gasteiger partial charge in [-0.1, -0.05) is 29.3 Å². The minimum Gasteiger partial charge on any atom is -0.479 e. The lowest BCUT2D eigenvalue weighted by Gasteiger charge is -2.30. The Morgan fingerprint density at radius 3 is 2.64 bits per heavy atom. The molecule has 13 heteroatoms. The molecular formula is C29H26Cl2N6O5. The van der Waals surface area contributed by atoms with Crippen LogP contribution in [-0.4, -0.2) is 69.9 Å². The highest BCUT2D eigenvalue weighted by atomic mass is 35.5. The Balaban J connectivity index is 1.21. The monoisotopic (exact) mass is 608 g/mol. The van der Waals surface area contributed by atoms with Gasteiger partial charge in [-0.2, -0.15) is 5.26 Å². The van der Waals surface area contributed by atoms with Crippen LogP contribution in [-0.2, 0) is 17.8 Å². The van der Waals surface area contributed by atoms with Crippen molar-refractivity contribution in [2.75, 3.05) is 19.6 Å². The van der Waals surface area contributed by atoms with Crippen LogP contribution in [0.1, 0.15) is 51.1 Å². The first-order valence-electron chi connectivity index (χ1n) is 13.5. The average Bonchev–Trinajstić information content (AvgIpc) is 3.31. The van der Waals surface area contributed by atoms with Gasteiger partial charge in [0.05, 0.1) is 27.9 Å². The fourth-order valence-electron chi connectivity index (χ4n) is 5.71. The van der Waals surface area contributed by atoms with Crippen molar-refractivity contribution >= 4 is 57.9 Å². The summed E-state index contributed by atoms with van der Waals surface area (Å²) in [7, 11) is 0. The maximum absolute atomic E-state index is 13.4. The first kappa shape index (κ1) is 27.9. The summed E-state index contributed by atoms with van der Waals surface area (Å²) in [5.41, 5.74) is 0.829. The van der Waals surface area contributed by atoms with Crippen LogP contribution in [0, 0.1) is 11.5 Å². The molecule has 1 aliphatic carbocycles. The Bertz CT molecular complexity index is 1690. The Morgan fingerprint density at radius 1 is 1.12 bits per heavy atom. The summed E-state index contributed by atoms with van der Waals surface area (Å²) in [6.45, 7) is 2.02. The van der Waals surface area contributed by atoms with Gasteiger partial charge in [0.15, 0.2) is 11.7 Å². The number of halogens is 2. The van der Waals surface area contributed by atoms with Crippen LogP contribution in [0.2, 0.25) is 10.0 Å². The Kier molecular flexibility index (Phi) is 7.20. The van der Waals surface area contributed by atoms with Crippen molar-refractivity contribution in [1.82, 2.24) is 20.4 Å². The van der Waals surface area contributed by atoms with Crippen LogP contribution in [0.5, 0.6) is 0 Å². The highest BCUT2D eigenvalue weighted by Gasteiger charge is 2.63. The predicted molar refractivity (Wildman–Crippen MR) is 154 cm³/mol. The molecule has 1 aromatic heterocycles. The van der Waals surface area contributed by atoms with Gasteiger partial charge in [-0.25, -0.2) is 9.79 Å². The van der Waals surface area contributed by atoms with Crippen LogP contribution < -0.4 is 10.6 Å². The van der Waals surface area contributed by atoms with E-state index in [0.717, 1.165) is 18.2 Å². The summed E-state index contributed by atoms with van der Waals surface area (Å²) in [5, 5.41) is 25.4. The second-order valence-corrected chi connectivity index (χ2v) is 11.5. The van der Waals surface area contributed by atoms with Gasteiger partial charge < -0.3 is 24.6 Å². The number of hydrogen-bond acceptors (Lipinski definition) is 6. The summed E-state index contributed by atoms with van der Waals surface area (Å²) in [6.07, 6.45) is 5.75. The molecule has 2 amide bonds. The molecular weight excluding hydrogens is 583 g/mol. The van der Waals surface area contributed by atoms with Crippen molar-refractivity contribution in [3.8, 4) is 6.19 Å². The molecule has 3 aliphatic rings. The van der Waals surface area contributed by atoms with Gasteiger partial charge in [-0.05, 0) is 54.7 Å². The van der Waals surface area contributed by atoms with E-state index in [1.54, 1.807) is 29.4 Å².